The number of carbonyl (C=O) groups is 1. The fraction of sp³-hybridized carbons (Fsp3) is 0.238. The van der Waals surface area contributed by atoms with E-state index in [1.165, 1.54) is 12.1 Å². The van der Waals surface area contributed by atoms with Gasteiger partial charge in [-0.25, -0.2) is 13.8 Å². The van der Waals surface area contributed by atoms with Crippen molar-refractivity contribution in [1.29, 1.82) is 0 Å². The first-order valence-corrected chi connectivity index (χ1v) is 8.91. The molecule has 4 nitrogen and oxygen atoms in total. The van der Waals surface area contributed by atoms with Gasteiger partial charge in [0.2, 0.25) is 0 Å². The number of benzene rings is 2. The predicted molar refractivity (Wildman–Crippen MR) is 97.6 cm³/mol. The lowest BCUT2D eigenvalue weighted by molar-refractivity contribution is 0.0787. The number of rotatable bonds is 4. The van der Waals surface area contributed by atoms with Gasteiger partial charge in [-0.3, -0.25) is 4.79 Å². The van der Waals surface area contributed by atoms with Crippen molar-refractivity contribution in [2.24, 2.45) is 5.92 Å². The maximum Gasteiger partial charge on any atom is 0.253 e. The number of halogens is 2. The van der Waals surface area contributed by atoms with Crippen molar-refractivity contribution in [2.45, 2.75) is 12.8 Å². The zero-order valence-corrected chi connectivity index (χ0v) is 14.7. The van der Waals surface area contributed by atoms with E-state index in [0.717, 1.165) is 18.2 Å². The number of hydrogen-bond acceptors (Lipinski definition) is 2. The molecule has 1 saturated heterocycles. The highest BCUT2D eigenvalue weighted by Crippen LogP contribution is 2.23. The van der Waals surface area contributed by atoms with Crippen molar-refractivity contribution in [3.05, 3.63) is 83.9 Å². The SMILES string of the molecule is O=C(c1ccc(-n2ccnc2)cc1)N1CCC(Cc2cc(F)cc(F)c2)C1. The van der Waals surface area contributed by atoms with Crippen LogP contribution in [0, 0.1) is 17.6 Å². The second kappa shape index (κ2) is 7.31. The number of hydrogen-bond donors (Lipinski definition) is 0. The van der Waals surface area contributed by atoms with Gasteiger partial charge in [-0.2, -0.15) is 0 Å². The van der Waals surface area contributed by atoms with Crippen LogP contribution in [0.15, 0.2) is 61.2 Å². The Kier molecular flexibility index (Phi) is 4.71. The normalized spacial score (nSPS) is 16.7. The summed E-state index contributed by atoms with van der Waals surface area (Å²) >= 11 is 0. The van der Waals surface area contributed by atoms with Crippen LogP contribution < -0.4 is 0 Å². The monoisotopic (exact) mass is 367 g/mol. The molecule has 1 amide bonds. The van der Waals surface area contributed by atoms with Gasteiger partial charge in [0.15, 0.2) is 0 Å². The van der Waals surface area contributed by atoms with Crippen LogP contribution in [0.5, 0.6) is 0 Å². The fourth-order valence-corrected chi connectivity index (χ4v) is 3.62. The van der Waals surface area contributed by atoms with Gasteiger partial charge in [0.1, 0.15) is 11.6 Å². The maximum absolute atomic E-state index is 13.4. The van der Waals surface area contributed by atoms with E-state index in [0.29, 0.717) is 30.6 Å². The number of amides is 1. The molecule has 0 aliphatic carbocycles. The van der Waals surface area contributed by atoms with E-state index in [-0.39, 0.29) is 11.8 Å². The number of imidazole rings is 1. The zero-order chi connectivity index (χ0) is 18.8. The molecular weight excluding hydrogens is 348 g/mol. The fourth-order valence-electron chi connectivity index (χ4n) is 3.62. The third-order valence-electron chi connectivity index (χ3n) is 4.94. The van der Waals surface area contributed by atoms with Crippen LogP contribution in [-0.2, 0) is 6.42 Å². The highest BCUT2D eigenvalue weighted by atomic mass is 19.1. The Morgan fingerprint density at radius 1 is 1.11 bits per heavy atom. The summed E-state index contributed by atoms with van der Waals surface area (Å²) in [6.07, 6.45) is 6.65. The zero-order valence-electron chi connectivity index (χ0n) is 14.7. The summed E-state index contributed by atoms with van der Waals surface area (Å²) in [5.41, 5.74) is 2.21. The molecule has 0 saturated carbocycles. The van der Waals surface area contributed by atoms with Crippen molar-refractivity contribution in [2.75, 3.05) is 13.1 Å². The molecule has 0 N–H and O–H groups in total. The molecule has 2 aromatic carbocycles. The Bertz CT molecular complexity index is 918. The van der Waals surface area contributed by atoms with Gasteiger partial charge >= 0.3 is 0 Å². The van der Waals surface area contributed by atoms with E-state index in [1.807, 2.05) is 39.9 Å². The Morgan fingerprint density at radius 3 is 2.52 bits per heavy atom. The van der Waals surface area contributed by atoms with Crippen molar-refractivity contribution in [3.8, 4) is 5.69 Å². The number of nitrogens with zero attached hydrogens (tertiary/aromatic N) is 3. The topological polar surface area (TPSA) is 38.1 Å². The molecule has 1 aromatic heterocycles. The largest absolute Gasteiger partial charge is 0.338 e. The van der Waals surface area contributed by atoms with E-state index in [1.54, 1.807) is 12.5 Å². The van der Waals surface area contributed by atoms with Gasteiger partial charge in [-0.05, 0) is 60.7 Å². The van der Waals surface area contributed by atoms with Crippen LogP contribution in [0.1, 0.15) is 22.3 Å². The third kappa shape index (κ3) is 3.89. The minimum Gasteiger partial charge on any atom is -0.338 e. The van der Waals surface area contributed by atoms with E-state index >= 15 is 0 Å². The summed E-state index contributed by atoms with van der Waals surface area (Å²) < 4.78 is 28.6. The van der Waals surface area contributed by atoms with Gasteiger partial charge in [0, 0.05) is 42.8 Å². The van der Waals surface area contributed by atoms with E-state index < -0.39 is 11.6 Å². The van der Waals surface area contributed by atoms with Crippen molar-refractivity contribution >= 4 is 5.91 Å². The molecule has 3 aromatic rings. The molecule has 1 unspecified atom stereocenters. The quantitative estimate of drug-likeness (QED) is 0.702. The molecule has 0 radical (unpaired) electrons. The summed E-state index contributed by atoms with van der Waals surface area (Å²) in [7, 11) is 0. The third-order valence-corrected chi connectivity index (χ3v) is 4.94. The lowest BCUT2D eigenvalue weighted by atomic mass is 9.98. The lowest BCUT2D eigenvalue weighted by Crippen LogP contribution is -2.28. The first-order valence-electron chi connectivity index (χ1n) is 8.91. The van der Waals surface area contributed by atoms with Crippen molar-refractivity contribution in [1.82, 2.24) is 14.5 Å². The minimum absolute atomic E-state index is 0.0138. The maximum atomic E-state index is 13.4. The van der Waals surface area contributed by atoms with Gasteiger partial charge in [-0.15, -0.1) is 0 Å². The van der Waals surface area contributed by atoms with E-state index in [2.05, 4.69) is 4.98 Å². The van der Waals surface area contributed by atoms with Crippen LogP contribution in [0.2, 0.25) is 0 Å². The van der Waals surface area contributed by atoms with Crippen molar-refractivity contribution < 1.29 is 13.6 Å². The molecule has 1 aliphatic heterocycles. The highest BCUT2D eigenvalue weighted by molar-refractivity contribution is 5.94. The second-order valence-corrected chi connectivity index (χ2v) is 6.90. The van der Waals surface area contributed by atoms with Gasteiger partial charge in [-0.1, -0.05) is 0 Å². The molecule has 1 fully saturated rings. The Morgan fingerprint density at radius 2 is 1.85 bits per heavy atom. The number of aromatic nitrogens is 2. The van der Waals surface area contributed by atoms with Crippen LogP contribution in [0.25, 0.3) is 5.69 Å². The summed E-state index contributed by atoms with van der Waals surface area (Å²) in [5.74, 6) is -0.928. The second-order valence-electron chi connectivity index (χ2n) is 6.90. The smallest absolute Gasteiger partial charge is 0.253 e. The average Bonchev–Trinajstić information content (AvgIpc) is 3.32. The molecular formula is C21H19F2N3O. The van der Waals surface area contributed by atoms with Gasteiger partial charge in [0.05, 0.1) is 6.33 Å². The molecule has 1 atom stereocenters. The number of likely N-dealkylation sites (tertiary alicyclic amines) is 1. The summed E-state index contributed by atoms with van der Waals surface area (Å²) in [6.45, 7) is 1.25. The van der Waals surface area contributed by atoms with Crippen LogP contribution in [0.3, 0.4) is 0 Å². The molecule has 6 heteroatoms. The molecule has 1 aliphatic rings. The number of carbonyl (C=O) groups excluding carboxylic acids is 1. The molecule has 0 bridgehead atoms. The van der Waals surface area contributed by atoms with Crippen LogP contribution in [-0.4, -0.2) is 33.4 Å². The Labute approximate surface area is 156 Å². The molecule has 0 spiro atoms. The average molecular weight is 367 g/mol. The minimum atomic E-state index is -0.561. The van der Waals surface area contributed by atoms with E-state index in [4.69, 9.17) is 0 Å². The predicted octanol–water partition coefficient (Wildman–Crippen LogP) is 3.86. The standard InChI is InChI=1S/C21H19F2N3O/c22-18-10-16(11-19(23)12-18)9-15-5-7-25(13-15)21(27)17-1-3-20(4-2-17)26-8-6-24-14-26/h1-4,6,8,10-12,14-15H,5,7,9,13H2. The summed E-state index contributed by atoms with van der Waals surface area (Å²) in [5, 5.41) is 0. The molecule has 4 rings (SSSR count). The Balaban J connectivity index is 1.40. The summed E-state index contributed by atoms with van der Waals surface area (Å²) in [6, 6.07) is 11.0. The van der Waals surface area contributed by atoms with Gasteiger partial charge < -0.3 is 9.47 Å². The highest BCUT2D eigenvalue weighted by Gasteiger charge is 2.27. The Hall–Kier alpha value is -3.02. The molecule has 138 valence electrons. The first kappa shape index (κ1) is 17.4. The molecule has 27 heavy (non-hydrogen) atoms. The lowest BCUT2D eigenvalue weighted by Gasteiger charge is -2.17. The van der Waals surface area contributed by atoms with Crippen molar-refractivity contribution in [3.63, 3.8) is 0 Å². The first-order chi connectivity index (χ1) is 13.1. The van der Waals surface area contributed by atoms with E-state index in [9.17, 15) is 13.6 Å². The van der Waals surface area contributed by atoms with Crippen LogP contribution in [0.4, 0.5) is 8.78 Å². The van der Waals surface area contributed by atoms with Gasteiger partial charge in [0.25, 0.3) is 5.91 Å². The summed E-state index contributed by atoms with van der Waals surface area (Å²) in [4.78, 5) is 18.6. The van der Waals surface area contributed by atoms with Crippen LogP contribution >= 0.6 is 0 Å². The molecule has 2 heterocycles.